The van der Waals surface area contributed by atoms with Gasteiger partial charge in [-0.05, 0) is 29.8 Å². The van der Waals surface area contributed by atoms with Gasteiger partial charge >= 0.3 is 0 Å². The zero-order valence-electron chi connectivity index (χ0n) is 8.60. The van der Waals surface area contributed by atoms with Crippen molar-refractivity contribution in [2.45, 2.75) is 6.42 Å². The van der Waals surface area contributed by atoms with E-state index in [0.29, 0.717) is 13.0 Å². The monoisotopic (exact) mass is 203 g/mol. The molecule has 1 aromatic carbocycles. The third kappa shape index (κ3) is 4.14. The van der Waals surface area contributed by atoms with Crippen LogP contribution in [-0.2, 0) is 0 Å². The van der Waals surface area contributed by atoms with Gasteiger partial charge in [0.05, 0.1) is 25.8 Å². The second-order valence-electron chi connectivity index (χ2n) is 2.85. The summed E-state index contributed by atoms with van der Waals surface area (Å²) in [7, 11) is 1.63. The number of nitriles is 1. The summed E-state index contributed by atoms with van der Waals surface area (Å²) in [5.74, 6) is 0.824. The van der Waals surface area contributed by atoms with Crippen LogP contribution in [0.15, 0.2) is 29.4 Å². The quantitative estimate of drug-likeness (QED) is 0.448. The van der Waals surface area contributed by atoms with Crippen LogP contribution < -0.4 is 10.2 Å². The molecule has 1 N–H and O–H groups in total. The number of hydrazone groups is 1. The highest BCUT2D eigenvalue weighted by Crippen LogP contribution is 2.09. The van der Waals surface area contributed by atoms with Gasteiger partial charge in [0.2, 0.25) is 0 Å². The normalized spacial score (nSPS) is 9.87. The van der Waals surface area contributed by atoms with Crippen LogP contribution in [0, 0.1) is 11.3 Å². The highest BCUT2D eigenvalue weighted by atomic mass is 16.5. The number of ether oxygens (including phenoxy) is 1. The minimum absolute atomic E-state index is 0.458. The summed E-state index contributed by atoms with van der Waals surface area (Å²) >= 11 is 0. The van der Waals surface area contributed by atoms with E-state index in [0.717, 1.165) is 11.3 Å². The molecule has 1 rings (SSSR count). The van der Waals surface area contributed by atoms with E-state index in [9.17, 15) is 0 Å². The van der Waals surface area contributed by atoms with Crippen molar-refractivity contribution in [1.29, 1.82) is 5.26 Å². The highest BCUT2D eigenvalue weighted by molar-refractivity contribution is 5.79. The zero-order valence-corrected chi connectivity index (χ0v) is 8.60. The Kier molecular flexibility index (Phi) is 4.74. The fourth-order valence-electron chi connectivity index (χ4n) is 0.987. The molecular formula is C11H13N3O. The van der Waals surface area contributed by atoms with Gasteiger partial charge in [-0.15, -0.1) is 0 Å². The molecule has 4 heteroatoms. The molecule has 0 aliphatic rings. The largest absolute Gasteiger partial charge is 0.497 e. The molecule has 0 aliphatic heterocycles. The van der Waals surface area contributed by atoms with Gasteiger partial charge in [-0.25, -0.2) is 0 Å². The van der Waals surface area contributed by atoms with Gasteiger partial charge < -0.3 is 10.2 Å². The summed E-state index contributed by atoms with van der Waals surface area (Å²) in [6.07, 6.45) is 2.16. The number of nitrogens with one attached hydrogen (secondary N) is 1. The van der Waals surface area contributed by atoms with Crippen molar-refractivity contribution in [1.82, 2.24) is 5.43 Å². The van der Waals surface area contributed by atoms with E-state index in [1.165, 1.54) is 0 Å². The number of hydrogen-bond donors (Lipinski definition) is 1. The van der Waals surface area contributed by atoms with Crippen LogP contribution in [0.25, 0.3) is 0 Å². The SMILES string of the molecule is COc1ccc(/C=N/NCCC#N)cc1. The first-order valence-corrected chi connectivity index (χ1v) is 4.63. The molecule has 4 nitrogen and oxygen atoms in total. The molecule has 0 fully saturated rings. The Labute approximate surface area is 89.2 Å². The lowest BCUT2D eigenvalue weighted by atomic mass is 10.2. The third-order valence-corrected chi connectivity index (χ3v) is 1.77. The number of nitrogens with zero attached hydrogens (tertiary/aromatic N) is 2. The predicted octanol–water partition coefficient (Wildman–Crippen LogP) is 1.53. The Bertz CT molecular complexity index is 351. The highest BCUT2D eigenvalue weighted by Gasteiger charge is 1.89. The minimum Gasteiger partial charge on any atom is -0.497 e. The zero-order chi connectivity index (χ0) is 10.9. The first kappa shape index (κ1) is 11.1. The van der Waals surface area contributed by atoms with E-state index in [2.05, 4.69) is 10.5 Å². The van der Waals surface area contributed by atoms with Crippen LogP contribution in [0.2, 0.25) is 0 Å². The molecule has 15 heavy (non-hydrogen) atoms. The second kappa shape index (κ2) is 6.44. The van der Waals surface area contributed by atoms with E-state index in [1.807, 2.05) is 30.3 Å². The van der Waals surface area contributed by atoms with Crippen LogP contribution >= 0.6 is 0 Å². The van der Waals surface area contributed by atoms with Crippen LogP contribution in [0.1, 0.15) is 12.0 Å². The molecule has 0 atom stereocenters. The van der Waals surface area contributed by atoms with Crippen molar-refractivity contribution in [2.24, 2.45) is 5.10 Å². The standard InChI is InChI=1S/C11H13N3O/c1-15-11-5-3-10(4-6-11)9-14-13-8-2-7-12/h3-6,9,13H,2,8H2,1H3/b14-9+. The maximum absolute atomic E-state index is 8.28. The Hall–Kier alpha value is -2.02. The Morgan fingerprint density at radius 1 is 1.47 bits per heavy atom. The fourth-order valence-corrected chi connectivity index (χ4v) is 0.987. The second-order valence-corrected chi connectivity index (χ2v) is 2.85. The van der Waals surface area contributed by atoms with Crippen molar-refractivity contribution >= 4 is 6.21 Å². The van der Waals surface area contributed by atoms with Gasteiger partial charge in [-0.2, -0.15) is 10.4 Å². The molecule has 0 amide bonds. The van der Waals surface area contributed by atoms with Crippen LogP contribution in [-0.4, -0.2) is 19.9 Å². The maximum Gasteiger partial charge on any atom is 0.118 e. The molecule has 0 saturated carbocycles. The van der Waals surface area contributed by atoms with Gasteiger partial charge in [0, 0.05) is 6.54 Å². The predicted molar refractivity (Wildman–Crippen MR) is 58.8 cm³/mol. The van der Waals surface area contributed by atoms with Crippen LogP contribution in [0.5, 0.6) is 5.75 Å². The lowest BCUT2D eigenvalue weighted by molar-refractivity contribution is 0.415. The van der Waals surface area contributed by atoms with E-state index in [-0.39, 0.29) is 0 Å². The summed E-state index contributed by atoms with van der Waals surface area (Å²) < 4.78 is 5.03. The minimum atomic E-state index is 0.458. The Morgan fingerprint density at radius 2 is 2.20 bits per heavy atom. The molecule has 1 aromatic rings. The van der Waals surface area contributed by atoms with Crippen LogP contribution in [0.4, 0.5) is 0 Å². The molecule has 78 valence electrons. The number of benzene rings is 1. The summed E-state index contributed by atoms with van der Waals surface area (Å²) in [6.45, 7) is 0.573. The third-order valence-electron chi connectivity index (χ3n) is 1.77. The smallest absolute Gasteiger partial charge is 0.118 e. The topological polar surface area (TPSA) is 57.4 Å². The number of rotatable bonds is 5. The van der Waals surface area contributed by atoms with E-state index >= 15 is 0 Å². The Balaban J connectivity index is 2.40. The number of hydrogen-bond acceptors (Lipinski definition) is 4. The van der Waals surface area contributed by atoms with Crippen molar-refractivity contribution in [3.8, 4) is 11.8 Å². The molecule has 0 aromatic heterocycles. The van der Waals surface area contributed by atoms with Crippen molar-refractivity contribution < 1.29 is 4.74 Å². The van der Waals surface area contributed by atoms with E-state index in [1.54, 1.807) is 13.3 Å². The molecular weight excluding hydrogens is 190 g/mol. The maximum atomic E-state index is 8.28. The van der Waals surface area contributed by atoms with Crippen molar-refractivity contribution in [2.75, 3.05) is 13.7 Å². The first-order chi connectivity index (χ1) is 7.36. The fraction of sp³-hybridized carbons (Fsp3) is 0.273. The summed E-state index contributed by atoms with van der Waals surface area (Å²) in [4.78, 5) is 0. The molecule has 0 unspecified atom stereocenters. The van der Waals surface area contributed by atoms with Crippen LogP contribution in [0.3, 0.4) is 0 Å². The molecule has 0 heterocycles. The van der Waals surface area contributed by atoms with Gasteiger partial charge in [0.25, 0.3) is 0 Å². The molecule has 0 spiro atoms. The first-order valence-electron chi connectivity index (χ1n) is 4.63. The van der Waals surface area contributed by atoms with Crippen molar-refractivity contribution in [3.05, 3.63) is 29.8 Å². The lowest BCUT2D eigenvalue weighted by Crippen LogP contribution is -2.06. The summed E-state index contributed by atoms with van der Waals surface area (Å²) in [5, 5.41) is 12.3. The molecule has 0 radical (unpaired) electrons. The molecule has 0 aliphatic carbocycles. The molecule has 0 saturated heterocycles. The summed E-state index contributed by atoms with van der Waals surface area (Å²) in [5.41, 5.74) is 3.77. The molecule has 0 bridgehead atoms. The van der Waals surface area contributed by atoms with E-state index < -0.39 is 0 Å². The van der Waals surface area contributed by atoms with Crippen molar-refractivity contribution in [3.63, 3.8) is 0 Å². The lowest BCUT2D eigenvalue weighted by Gasteiger charge is -1.99. The average Bonchev–Trinajstić information content (AvgIpc) is 2.30. The van der Waals surface area contributed by atoms with Gasteiger partial charge in [0.1, 0.15) is 5.75 Å². The summed E-state index contributed by atoms with van der Waals surface area (Å²) in [6, 6.07) is 9.59. The van der Waals surface area contributed by atoms with Gasteiger partial charge in [-0.3, -0.25) is 0 Å². The van der Waals surface area contributed by atoms with E-state index in [4.69, 9.17) is 10.00 Å². The number of methoxy groups -OCH3 is 1. The van der Waals surface area contributed by atoms with Gasteiger partial charge in [0.15, 0.2) is 0 Å². The average molecular weight is 203 g/mol. The van der Waals surface area contributed by atoms with Gasteiger partial charge in [-0.1, -0.05) is 0 Å². The Morgan fingerprint density at radius 3 is 2.80 bits per heavy atom.